The quantitative estimate of drug-likeness (QED) is 0.720. The number of carbonyl (C=O) groups is 2. The normalized spacial score (nSPS) is 10.7. The van der Waals surface area contributed by atoms with E-state index < -0.39 is 0 Å². The van der Waals surface area contributed by atoms with E-state index in [1.54, 1.807) is 25.1 Å². The maximum Gasteiger partial charge on any atom is 0.270 e. The lowest BCUT2D eigenvalue weighted by molar-refractivity contribution is -0.120. The van der Waals surface area contributed by atoms with Crippen molar-refractivity contribution in [3.63, 3.8) is 0 Å². The Morgan fingerprint density at radius 1 is 1.15 bits per heavy atom. The summed E-state index contributed by atoms with van der Waals surface area (Å²) in [5, 5.41) is 4.07. The largest absolute Gasteiger partial charge is 0.359 e. The number of fused-ring (bicyclic) bond motifs is 1. The zero-order chi connectivity index (χ0) is 18.7. The highest BCUT2D eigenvalue weighted by molar-refractivity contribution is 6.31. The van der Waals surface area contributed by atoms with E-state index in [0.29, 0.717) is 17.3 Å². The molecular weight excluding hydrogens is 350 g/mol. The van der Waals surface area contributed by atoms with Crippen molar-refractivity contribution in [2.75, 3.05) is 20.6 Å². The lowest BCUT2D eigenvalue weighted by Crippen LogP contribution is -2.31. The summed E-state index contributed by atoms with van der Waals surface area (Å²) < 4.78 is 0. The van der Waals surface area contributed by atoms with E-state index in [1.807, 2.05) is 42.5 Å². The molecule has 2 N–H and O–H groups in total. The predicted octanol–water partition coefficient (Wildman–Crippen LogP) is 3.70. The van der Waals surface area contributed by atoms with Crippen LogP contribution in [0.4, 0.5) is 0 Å². The first-order chi connectivity index (χ1) is 12.5. The molecule has 0 unspecified atom stereocenters. The number of hydrogen-bond donors (Lipinski definition) is 2. The molecule has 2 aromatic carbocycles. The van der Waals surface area contributed by atoms with Gasteiger partial charge in [0.25, 0.3) is 5.91 Å². The van der Waals surface area contributed by atoms with Gasteiger partial charge in [0.2, 0.25) is 5.91 Å². The van der Waals surface area contributed by atoms with Gasteiger partial charge < -0.3 is 15.2 Å². The predicted molar refractivity (Wildman–Crippen MR) is 104 cm³/mol. The van der Waals surface area contributed by atoms with E-state index in [4.69, 9.17) is 11.6 Å². The second-order valence-corrected chi connectivity index (χ2v) is 6.52. The van der Waals surface area contributed by atoms with Crippen molar-refractivity contribution in [2.24, 2.45) is 0 Å². The van der Waals surface area contributed by atoms with Crippen LogP contribution in [-0.4, -0.2) is 42.3 Å². The van der Waals surface area contributed by atoms with Crippen LogP contribution in [0.25, 0.3) is 22.0 Å². The third-order valence-electron chi connectivity index (χ3n) is 4.34. The molecule has 0 aliphatic carbocycles. The minimum atomic E-state index is -0.167. The highest BCUT2D eigenvalue weighted by Crippen LogP contribution is 2.34. The summed E-state index contributed by atoms with van der Waals surface area (Å²) in [5.74, 6) is -0.267. The van der Waals surface area contributed by atoms with Crippen molar-refractivity contribution >= 4 is 34.3 Å². The maximum absolute atomic E-state index is 13.0. The molecule has 3 aromatic rings. The smallest absolute Gasteiger partial charge is 0.270 e. The fraction of sp³-hybridized carbons (Fsp3) is 0.200. The molecule has 0 saturated heterocycles. The molecule has 0 aliphatic rings. The van der Waals surface area contributed by atoms with Gasteiger partial charge in [-0.05, 0) is 23.8 Å². The zero-order valence-corrected chi connectivity index (χ0v) is 15.4. The first-order valence-corrected chi connectivity index (χ1v) is 8.71. The van der Waals surface area contributed by atoms with Crippen molar-refractivity contribution in [2.45, 2.75) is 6.42 Å². The van der Waals surface area contributed by atoms with Crippen molar-refractivity contribution in [3.8, 4) is 11.1 Å². The van der Waals surface area contributed by atoms with E-state index in [9.17, 15) is 9.59 Å². The van der Waals surface area contributed by atoms with Crippen molar-refractivity contribution < 1.29 is 9.59 Å². The zero-order valence-electron chi connectivity index (χ0n) is 14.7. The van der Waals surface area contributed by atoms with Crippen LogP contribution in [0, 0.1) is 0 Å². The Morgan fingerprint density at radius 2 is 1.88 bits per heavy atom. The number of benzene rings is 2. The first-order valence-electron chi connectivity index (χ1n) is 8.34. The second-order valence-electron chi connectivity index (χ2n) is 6.08. The number of nitrogens with zero attached hydrogens (tertiary/aromatic N) is 1. The number of aromatic nitrogens is 1. The molecule has 0 fully saturated rings. The Morgan fingerprint density at radius 3 is 2.58 bits per heavy atom. The summed E-state index contributed by atoms with van der Waals surface area (Å²) >= 11 is 6.18. The van der Waals surface area contributed by atoms with Crippen molar-refractivity contribution in [3.05, 3.63) is 59.2 Å². The monoisotopic (exact) mass is 369 g/mol. The van der Waals surface area contributed by atoms with Gasteiger partial charge in [0.15, 0.2) is 0 Å². The summed E-state index contributed by atoms with van der Waals surface area (Å²) in [6.45, 7) is 0.336. The van der Waals surface area contributed by atoms with E-state index in [1.165, 1.54) is 0 Å². The number of halogens is 1. The lowest BCUT2D eigenvalue weighted by Gasteiger charge is -2.17. The average molecular weight is 370 g/mol. The van der Waals surface area contributed by atoms with Crippen LogP contribution in [0.15, 0.2) is 48.5 Å². The van der Waals surface area contributed by atoms with Gasteiger partial charge in [-0.15, -0.1) is 0 Å². The van der Waals surface area contributed by atoms with Crippen LogP contribution >= 0.6 is 11.6 Å². The molecule has 2 amide bonds. The molecule has 0 aliphatic heterocycles. The third kappa shape index (κ3) is 3.58. The Kier molecular flexibility index (Phi) is 5.28. The van der Waals surface area contributed by atoms with Crippen molar-refractivity contribution in [1.29, 1.82) is 0 Å². The fourth-order valence-electron chi connectivity index (χ4n) is 2.92. The highest BCUT2D eigenvalue weighted by Gasteiger charge is 2.22. The average Bonchev–Trinajstić information content (AvgIpc) is 3.04. The summed E-state index contributed by atoms with van der Waals surface area (Å²) in [4.78, 5) is 29.3. The van der Waals surface area contributed by atoms with Crippen LogP contribution in [0.3, 0.4) is 0 Å². The van der Waals surface area contributed by atoms with Crippen LogP contribution < -0.4 is 5.32 Å². The minimum absolute atomic E-state index is 0.101. The maximum atomic E-state index is 13.0. The third-order valence-corrected chi connectivity index (χ3v) is 4.57. The Bertz CT molecular complexity index is 950. The van der Waals surface area contributed by atoms with Crippen LogP contribution in [-0.2, 0) is 4.79 Å². The summed E-state index contributed by atoms with van der Waals surface area (Å²) in [6, 6.07) is 15.2. The van der Waals surface area contributed by atoms with Crippen molar-refractivity contribution in [1.82, 2.24) is 15.2 Å². The number of amides is 2. The number of rotatable bonds is 5. The molecule has 0 bridgehead atoms. The molecule has 0 spiro atoms. The van der Waals surface area contributed by atoms with Gasteiger partial charge in [-0.1, -0.05) is 41.9 Å². The van der Waals surface area contributed by atoms with E-state index in [-0.39, 0.29) is 18.2 Å². The number of aromatic amines is 1. The molecule has 5 nitrogen and oxygen atoms in total. The van der Waals surface area contributed by atoms with Crippen LogP contribution in [0.5, 0.6) is 0 Å². The minimum Gasteiger partial charge on any atom is -0.359 e. The van der Waals surface area contributed by atoms with Crippen LogP contribution in [0.1, 0.15) is 16.9 Å². The van der Waals surface area contributed by atoms with E-state index in [2.05, 4.69) is 10.3 Å². The number of carbonyl (C=O) groups excluding carboxylic acids is 2. The molecule has 3 rings (SSSR count). The topological polar surface area (TPSA) is 65.2 Å². The molecule has 0 radical (unpaired) electrons. The SMILES string of the molecule is CNC(=O)CCN(C)C(=O)c1[nH]c2ccc(Cl)cc2c1-c1ccccc1. The van der Waals surface area contributed by atoms with Gasteiger partial charge in [0.05, 0.1) is 0 Å². The van der Waals surface area contributed by atoms with E-state index >= 15 is 0 Å². The Labute approximate surface area is 157 Å². The van der Waals surface area contributed by atoms with E-state index in [0.717, 1.165) is 22.0 Å². The summed E-state index contributed by atoms with van der Waals surface area (Å²) in [6.07, 6.45) is 0.255. The highest BCUT2D eigenvalue weighted by atomic mass is 35.5. The molecule has 6 heteroatoms. The molecule has 26 heavy (non-hydrogen) atoms. The molecule has 1 heterocycles. The standard InChI is InChI=1S/C20H20ClN3O2/c1-22-17(25)10-11-24(2)20(26)19-18(13-6-4-3-5-7-13)15-12-14(21)8-9-16(15)23-19/h3-9,12,23H,10-11H2,1-2H3,(H,22,25). The Balaban J connectivity index is 2.05. The van der Waals surface area contributed by atoms with Gasteiger partial charge >= 0.3 is 0 Å². The molecule has 0 atom stereocenters. The van der Waals surface area contributed by atoms with Gasteiger partial charge in [-0.2, -0.15) is 0 Å². The van der Waals surface area contributed by atoms with Crippen LogP contribution in [0.2, 0.25) is 5.02 Å². The first kappa shape index (κ1) is 18.0. The molecule has 134 valence electrons. The second kappa shape index (κ2) is 7.62. The molecule has 1 aromatic heterocycles. The number of hydrogen-bond acceptors (Lipinski definition) is 2. The fourth-order valence-corrected chi connectivity index (χ4v) is 3.09. The van der Waals surface area contributed by atoms with Gasteiger partial charge in [-0.3, -0.25) is 9.59 Å². The van der Waals surface area contributed by atoms with Gasteiger partial charge in [0, 0.05) is 48.5 Å². The Hall–Kier alpha value is -2.79. The summed E-state index contributed by atoms with van der Waals surface area (Å²) in [5.41, 5.74) is 3.09. The molecular formula is C20H20ClN3O2. The van der Waals surface area contributed by atoms with Gasteiger partial charge in [0.1, 0.15) is 5.69 Å². The summed E-state index contributed by atoms with van der Waals surface area (Å²) in [7, 11) is 3.28. The lowest BCUT2D eigenvalue weighted by atomic mass is 10.0. The number of H-pyrrole nitrogens is 1. The van der Waals surface area contributed by atoms with Gasteiger partial charge in [-0.25, -0.2) is 0 Å². The molecule has 0 saturated carbocycles. The number of nitrogens with one attached hydrogen (secondary N) is 2.